The molecule has 0 fully saturated rings. The minimum absolute atomic E-state index is 0.0567. The van der Waals surface area contributed by atoms with Gasteiger partial charge < -0.3 is 4.74 Å². The summed E-state index contributed by atoms with van der Waals surface area (Å²) in [5.41, 5.74) is -0.832. The molecule has 0 spiro atoms. The first kappa shape index (κ1) is 14.9. The second kappa shape index (κ2) is 6.13. The van der Waals surface area contributed by atoms with Crippen LogP contribution >= 0.6 is 11.8 Å². The largest absolute Gasteiger partial charge is 0.466 e. The van der Waals surface area contributed by atoms with Crippen molar-refractivity contribution in [2.45, 2.75) is 24.4 Å². The van der Waals surface area contributed by atoms with Crippen LogP contribution in [0.1, 0.15) is 18.1 Å². The molecule has 0 aliphatic carbocycles. The molecule has 1 rings (SSSR count). The van der Waals surface area contributed by atoms with E-state index in [1.165, 1.54) is 17.8 Å². The number of hydrogen-bond acceptors (Lipinski definition) is 3. The fourth-order valence-corrected chi connectivity index (χ4v) is 1.91. The Kier molecular flexibility index (Phi) is 5.07. The van der Waals surface area contributed by atoms with Gasteiger partial charge >= 0.3 is 12.1 Å². The number of ether oxygens (including phenoxy) is 1. The van der Waals surface area contributed by atoms with Crippen molar-refractivity contribution in [1.29, 1.82) is 0 Å². The molecule has 0 bridgehead atoms. The van der Waals surface area contributed by atoms with E-state index in [0.29, 0.717) is 4.90 Å². The summed E-state index contributed by atoms with van der Waals surface area (Å²) in [5.74, 6) is -0.653. The van der Waals surface area contributed by atoms with Gasteiger partial charge in [0.15, 0.2) is 0 Å². The molecule has 0 saturated heterocycles. The highest BCUT2D eigenvalue weighted by atomic mass is 32.2. The Bertz CT molecular complexity index is 430. The maximum atomic E-state index is 12.8. The molecule has 0 unspecified atom stereocenters. The van der Waals surface area contributed by atoms with Crippen molar-refractivity contribution in [3.8, 4) is 0 Å². The van der Waals surface area contributed by atoms with E-state index in [1.807, 2.05) is 0 Å². The molecule has 0 heterocycles. The number of carbonyl (C=O) groups excluding carboxylic acids is 1. The Balaban J connectivity index is 3.07. The van der Waals surface area contributed by atoms with Crippen molar-refractivity contribution in [3.63, 3.8) is 0 Å². The molecular formula is C12H13F3O2S. The Morgan fingerprint density at radius 3 is 2.56 bits per heavy atom. The average Bonchev–Trinajstić information content (AvgIpc) is 2.28. The summed E-state index contributed by atoms with van der Waals surface area (Å²) < 4.78 is 43.2. The normalized spacial score (nSPS) is 11.4. The number of halogens is 3. The van der Waals surface area contributed by atoms with Crippen LogP contribution < -0.4 is 0 Å². The van der Waals surface area contributed by atoms with Crippen LogP contribution in [0.4, 0.5) is 13.2 Å². The van der Waals surface area contributed by atoms with Crippen LogP contribution in [0.5, 0.6) is 0 Å². The standard InChI is InChI=1S/C12H13F3O2S/c1-3-17-11(16)6-8-4-5-9(18-2)7-10(8)12(13,14)15/h4-5,7H,3,6H2,1-2H3. The number of carbonyl (C=O) groups is 1. The smallest absolute Gasteiger partial charge is 0.416 e. The Labute approximate surface area is 108 Å². The zero-order valence-corrected chi connectivity index (χ0v) is 10.8. The van der Waals surface area contributed by atoms with Crippen molar-refractivity contribution >= 4 is 17.7 Å². The monoisotopic (exact) mass is 278 g/mol. The summed E-state index contributed by atoms with van der Waals surface area (Å²) in [4.78, 5) is 11.8. The van der Waals surface area contributed by atoms with Crippen LogP contribution in [0.2, 0.25) is 0 Å². The molecule has 0 aliphatic rings. The zero-order chi connectivity index (χ0) is 13.8. The van der Waals surface area contributed by atoms with E-state index in [2.05, 4.69) is 4.74 Å². The molecule has 0 radical (unpaired) electrons. The van der Waals surface area contributed by atoms with Crippen LogP contribution in [0.3, 0.4) is 0 Å². The number of thioether (sulfide) groups is 1. The van der Waals surface area contributed by atoms with E-state index in [1.54, 1.807) is 19.2 Å². The van der Waals surface area contributed by atoms with Gasteiger partial charge in [-0.2, -0.15) is 13.2 Å². The van der Waals surface area contributed by atoms with Gasteiger partial charge in [0.1, 0.15) is 0 Å². The minimum Gasteiger partial charge on any atom is -0.466 e. The van der Waals surface area contributed by atoms with Crippen molar-refractivity contribution in [1.82, 2.24) is 0 Å². The maximum absolute atomic E-state index is 12.8. The predicted molar refractivity (Wildman–Crippen MR) is 63.6 cm³/mol. The van der Waals surface area contributed by atoms with Gasteiger partial charge in [0.05, 0.1) is 18.6 Å². The third-order valence-corrected chi connectivity index (χ3v) is 2.99. The Hall–Kier alpha value is -1.17. The molecule has 0 atom stereocenters. The summed E-state index contributed by atoms with van der Waals surface area (Å²) in [5, 5.41) is 0. The van der Waals surface area contributed by atoms with Gasteiger partial charge in [-0.1, -0.05) is 6.07 Å². The molecule has 2 nitrogen and oxygen atoms in total. The van der Waals surface area contributed by atoms with Gasteiger partial charge in [-0.3, -0.25) is 4.79 Å². The lowest BCUT2D eigenvalue weighted by molar-refractivity contribution is -0.143. The second-order valence-electron chi connectivity index (χ2n) is 3.50. The molecule has 0 aromatic heterocycles. The van der Waals surface area contributed by atoms with Gasteiger partial charge in [0.2, 0.25) is 0 Å². The fourth-order valence-electron chi connectivity index (χ4n) is 1.47. The molecule has 1 aromatic carbocycles. The van der Waals surface area contributed by atoms with Crippen LogP contribution in [0, 0.1) is 0 Å². The SMILES string of the molecule is CCOC(=O)Cc1ccc(SC)cc1C(F)(F)F. The van der Waals surface area contributed by atoms with Crippen LogP contribution in [0.25, 0.3) is 0 Å². The molecule has 100 valence electrons. The first-order valence-electron chi connectivity index (χ1n) is 5.28. The van der Waals surface area contributed by atoms with Gasteiger partial charge in [-0.25, -0.2) is 0 Å². The number of rotatable bonds is 4. The lowest BCUT2D eigenvalue weighted by atomic mass is 10.0. The van der Waals surface area contributed by atoms with E-state index in [9.17, 15) is 18.0 Å². The molecule has 18 heavy (non-hydrogen) atoms. The van der Waals surface area contributed by atoms with Gasteiger partial charge in [0.25, 0.3) is 0 Å². The second-order valence-corrected chi connectivity index (χ2v) is 4.38. The Morgan fingerprint density at radius 1 is 1.39 bits per heavy atom. The zero-order valence-electron chi connectivity index (χ0n) is 10.0. The summed E-state index contributed by atoms with van der Waals surface area (Å²) in [7, 11) is 0. The van der Waals surface area contributed by atoms with E-state index >= 15 is 0 Å². The summed E-state index contributed by atoms with van der Waals surface area (Å²) in [6, 6.07) is 3.94. The lowest BCUT2D eigenvalue weighted by Crippen LogP contribution is -2.14. The maximum Gasteiger partial charge on any atom is 0.416 e. The van der Waals surface area contributed by atoms with Crippen molar-refractivity contribution in [3.05, 3.63) is 29.3 Å². The van der Waals surface area contributed by atoms with E-state index in [0.717, 1.165) is 6.07 Å². The highest BCUT2D eigenvalue weighted by molar-refractivity contribution is 7.98. The molecule has 0 amide bonds. The van der Waals surface area contributed by atoms with E-state index in [4.69, 9.17) is 0 Å². The average molecular weight is 278 g/mol. The third kappa shape index (κ3) is 3.94. The molecule has 0 N–H and O–H groups in total. The topological polar surface area (TPSA) is 26.3 Å². The summed E-state index contributed by atoms with van der Waals surface area (Å²) >= 11 is 1.22. The number of hydrogen-bond donors (Lipinski definition) is 0. The molecule has 0 aliphatic heterocycles. The molecular weight excluding hydrogens is 265 g/mol. The van der Waals surface area contributed by atoms with Crippen molar-refractivity contribution < 1.29 is 22.7 Å². The van der Waals surface area contributed by atoms with Crippen molar-refractivity contribution in [2.24, 2.45) is 0 Å². The summed E-state index contributed by atoms with van der Waals surface area (Å²) in [6.45, 7) is 1.77. The molecule has 1 aromatic rings. The van der Waals surface area contributed by atoms with Gasteiger partial charge in [-0.15, -0.1) is 11.8 Å². The lowest BCUT2D eigenvalue weighted by Gasteiger charge is -2.13. The van der Waals surface area contributed by atoms with E-state index < -0.39 is 17.7 Å². The van der Waals surface area contributed by atoms with Gasteiger partial charge in [0, 0.05) is 4.90 Å². The van der Waals surface area contributed by atoms with Crippen LogP contribution in [-0.4, -0.2) is 18.8 Å². The first-order valence-corrected chi connectivity index (χ1v) is 6.50. The Morgan fingerprint density at radius 2 is 2.06 bits per heavy atom. The third-order valence-electron chi connectivity index (χ3n) is 2.26. The highest BCUT2D eigenvalue weighted by Gasteiger charge is 2.34. The fraction of sp³-hybridized carbons (Fsp3) is 0.417. The van der Waals surface area contributed by atoms with E-state index in [-0.39, 0.29) is 18.6 Å². The molecule has 0 saturated carbocycles. The highest BCUT2D eigenvalue weighted by Crippen LogP contribution is 2.34. The van der Waals surface area contributed by atoms with Gasteiger partial charge in [-0.05, 0) is 30.9 Å². The number of alkyl halides is 3. The van der Waals surface area contributed by atoms with Crippen molar-refractivity contribution in [2.75, 3.05) is 12.9 Å². The summed E-state index contributed by atoms with van der Waals surface area (Å²) in [6.07, 6.45) is -3.13. The first-order chi connectivity index (χ1) is 8.38. The van der Waals surface area contributed by atoms with Crippen LogP contribution in [-0.2, 0) is 22.1 Å². The molecule has 6 heteroatoms. The number of benzene rings is 1. The predicted octanol–water partition coefficient (Wildman–Crippen LogP) is 3.53. The van der Waals surface area contributed by atoms with Crippen LogP contribution in [0.15, 0.2) is 23.1 Å². The minimum atomic E-state index is -4.46. The quantitative estimate of drug-likeness (QED) is 0.622. The number of esters is 1.